The number of hydrogen-bond acceptors (Lipinski definition) is 3. The van der Waals surface area contributed by atoms with Crippen LogP contribution in [0, 0.1) is 19.3 Å². The van der Waals surface area contributed by atoms with Gasteiger partial charge in [0.15, 0.2) is 0 Å². The van der Waals surface area contributed by atoms with E-state index < -0.39 is 0 Å². The Hall–Kier alpha value is -0.380. The van der Waals surface area contributed by atoms with Gasteiger partial charge in [-0.15, -0.1) is 11.3 Å². The van der Waals surface area contributed by atoms with E-state index >= 15 is 0 Å². The minimum Gasteiger partial charge on any atom is -0.380 e. The Bertz CT molecular complexity index is 322. The summed E-state index contributed by atoms with van der Waals surface area (Å²) < 4.78 is 5.23. The maximum Gasteiger partial charge on any atom is 0.0554 e. The van der Waals surface area contributed by atoms with Crippen molar-refractivity contribution >= 4 is 11.3 Å². The van der Waals surface area contributed by atoms with E-state index in [1.807, 2.05) is 11.3 Å². The fraction of sp³-hybridized carbons (Fsp3) is 0.667. The van der Waals surface area contributed by atoms with Gasteiger partial charge in [-0.05, 0) is 25.5 Å². The van der Waals surface area contributed by atoms with Crippen LogP contribution in [0.1, 0.15) is 22.2 Å². The van der Waals surface area contributed by atoms with Gasteiger partial charge in [0, 0.05) is 28.3 Å². The normalized spacial score (nSPS) is 18.9. The summed E-state index contributed by atoms with van der Waals surface area (Å²) in [6.45, 7) is 10.5. The molecule has 1 aliphatic rings. The molecule has 84 valence electrons. The smallest absolute Gasteiger partial charge is 0.0554 e. The molecule has 1 aliphatic heterocycles. The minimum atomic E-state index is 0.376. The van der Waals surface area contributed by atoms with Crippen LogP contribution in [0.2, 0.25) is 0 Å². The molecule has 0 amide bonds. The van der Waals surface area contributed by atoms with Crippen LogP contribution in [0.5, 0.6) is 0 Å². The van der Waals surface area contributed by atoms with Crippen LogP contribution in [-0.2, 0) is 11.3 Å². The van der Waals surface area contributed by atoms with Gasteiger partial charge in [-0.2, -0.15) is 0 Å². The number of ether oxygens (including phenoxy) is 1. The Morgan fingerprint density at radius 3 is 2.67 bits per heavy atom. The summed E-state index contributed by atoms with van der Waals surface area (Å²) >= 11 is 1.90. The van der Waals surface area contributed by atoms with Crippen molar-refractivity contribution in [1.29, 1.82) is 0 Å². The van der Waals surface area contributed by atoms with Crippen molar-refractivity contribution in [3.8, 4) is 0 Å². The van der Waals surface area contributed by atoms with Gasteiger partial charge in [0.05, 0.1) is 13.2 Å². The van der Waals surface area contributed by atoms with Crippen LogP contribution in [0.4, 0.5) is 0 Å². The first-order chi connectivity index (χ1) is 7.09. The Balaban J connectivity index is 1.78. The number of thiophene rings is 1. The quantitative estimate of drug-likeness (QED) is 0.850. The van der Waals surface area contributed by atoms with Gasteiger partial charge >= 0.3 is 0 Å². The maximum absolute atomic E-state index is 5.23. The second-order valence-electron chi connectivity index (χ2n) is 4.86. The molecule has 0 bridgehead atoms. The lowest BCUT2D eigenvalue weighted by Gasteiger charge is -2.38. The van der Waals surface area contributed by atoms with Crippen molar-refractivity contribution < 1.29 is 4.74 Å². The van der Waals surface area contributed by atoms with Gasteiger partial charge in [-0.1, -0.05) is 6.92 Å². The highest BCUT2D eigenvalue weighted by Crippen LogP contribution is 2.26. The van der Waals surface area contributed by atoms with Crippen LogP contribution >= 0.6 is 11.3 Å². The Labute approximate surface area is 95.6 Å². The fourth-order valence-corrected chi connectivity index (χ4v) is 2.80. The first kappa shape index (κ1) is 11.1. The van der Waals surface area contributed by atoms with E-state index in [1.165, 1.54) is 15.3 Å². The average Bonchev–Trinajstić information content (AvgIpc) is 2.43. The Morgan fingerprint density at radius 2 is 2.20 bits per heavy atom. The number of hydrogen-bond donors (Lipinski definition) is 1. The molecule has 0 saturated carbocycles. The minimum absolute atomic E-state index is 0.376. The van der Waals surface area contributed by atoms with Crippen LogP contribution < -0.4 is 5.32 Å². The lowest BCUT2D eigenvalue weighted by Crippen LogP contribution is -2.47. The largest absolute Gasteiger partial charge is 0.380 e. The molecule has 0 aliphatic carbocycles. The van der Waals surface area contributed by atoms with Crippen LogP contribution in [0.25, 0.3) is 0 Å². The van der Waals surface area contributed by atoms with Gasteiger partial charge in [-0.25, -0.2) is 0 Å². The van der Waals surface area contributed by atoms with E-state index in [2.05, 4.69) is 32.2 Å². The lowest BCUT2D eigenvalue weighted by atomic mass is 9.89. The molecule has 0 spiro atoms. The highest BCUT2D eigenvalue weighted by atomic mass is 32.1. The molecule has 3 heteroatoms. The standard InChI is InChI=1S/C12H19NOS/c1-9-4-11(15-10(9)2)5-13-6-12(3)7-14-8-12/h4,13H,5-8H2,1-3H3. The zero-order chi connectivity index (χ0) is 10.9. The zero-order valence-electron chi connectivity index (χ0n) is 9.72. The van der Waals surface area contributed by atoms with Crippen LogP contribution in [0.15, 0.2) is 6.07 Å². The van der Waals surface area contributed by atoms with Crippen molar-refractivity contribution in [3.63, 3.8) is 0 Å². The average molecular weight is 225 g/mol. The van der Waals surface area contributed by atoms with E-state index in [1.54, 1.807) is 0 Å². The molecule has 2 nitrogen and oxygen atoms in total. The molecule has 1 saturated heterocycles. The van der Waals surface area contributed by atoms with Crippen LogP contribution in [-0.4, -0.2) is 19.8 Å². The first-order valence-corrected chi connectivity index (χ1v) is 6.25. The lowest BCUT2D eigenvalue weighted by molar-refractivity contribution is -0.0991. The summed E-state index contributed by atoms with van der Waals surface area (Å²) in [5.74, 6) is 0. The fourth-order valence-electron chi connectivity index (χ4n) is 1.78. The van der Waals surface area contributed by atoms with E-state index in [0.717, 1.165) is 26.3 Å². The summed E-state index contributed by atoms with van der Waals surface area (Å²) in [6, 6.07) is 2.28. The van der Waals surface area contributed by atoms with Gasteiger partial charge in [0.1, 0.15) is 0 Å². The highest BCUT2D eigenvalue weighted by molar-refractivity contribution is 7.12. The van der Waals surface area contributed by atoms with Gasteiger partial charge in [-0.3, -0.25) is 0 Å². The van der Waals surface area contributed by atoms with Crippen molar-refractivity contribution in [2.75, 3.05) is 19.8 Å². The molecule has 1 fully saturated rings. The summed E-state index contributed by atoms with van der Waals surface area (Å²) in [5, 5.41) is 3.52. The number of aryl methyl sites for hydroxylation is 2. The topological polar surface area (TPSA) is 21.3 Å². The summed E-state index contributed by atoms with van der Waals surface area (Å²) in [5.41, 5.74) is 1.79. The van der Waals surface area contributed by atoms with Gasteiger partial charge in [0.2, 0.25) is 0 Å². The van der Waals surface area contributed by atoms with E-state index in [4.69, 9.17) is 4.74 Å². The summed E-state index contributed by atoms with van der Waals surface area (Å²) in [7, 11) is 0. The van der Waals surface area contributed by atoms with E-state index in [9.17, 15) is 0 Å². The number of rotatable bonds is 4. The van der Waals surface area contributed by atoms with Crippen molar-refractivity contribution in [3.05, 3.63) is 21.4 Å². The summed E-state index contributed by atoms with van der Waals surface area (Å²) in [6.07, 6.45) is 0. The first-order valence-electron chi connectivity index (χ1n) is 5.43. The monoisotopic (exact) mass is 225 g/mol. The third kappa shape index (κ3) is 2.60. The maximum atomic E-state index is 5.23. The van der Waals surface area contributed by atoms with E-state index in [-0.39, 0.29) is 0 Å². The molecule has 2 heterocycles. The third-order valence-corrected chi connectivity index (χ3v) is 4.12. The van der Waals surface area contributed by atoms with Gasteiger partial charge in [0.25, 0.3) is 0 Å². The summed E-state index contributed by atoms with van der Waals surface area (Å²) in [4.78, 5) is 2.87. The second-order valence-corrected chi connectivity index (χ2v) is 6.20. The molecule has 0 unspecified atom stereocenters. The molecule has 0 atom stereocenters. The molecule has 15 heavy (non-hydrogen) atoms. The Morgan fingerprint density at radius 1 is 1.47 bits per heavy atom. The second kappa shape index (κ2) is 4.24. The molecule has 1 aromatic rings. The third-order valence-electron chi connectivity index (χ3n) is 2.97. The highest BCUT2D eigenvalue weighted by Gasteiger charge is 2.32. The molecular weight excluding hydrogens is 206 g/mol. The number of nitrogens with one attached hydrogen (secondary N) is 1. The predicted molar refractivity (Wildman–Crippen MR) is 64.4 cm³/mol. The van der Waals surface area contributed by atoms with E-state index in [0.29, 0.717) is 5.41 Å². The van der Waals surface area contributed by atoms with Crippen molar-refractivity contribution in [1.82, 2.24) is 5.32 Å². The Kier molecular flexibility index (Phi) is 3.14. The SMILES string of the molecule is Cc1cc(CNCC2(C)COC2)sc1C. The molecule has 1 N–H and O–H groups in total. The molecule has 1 aromatic heterocycles. The van der Waals surface area contributed by atoms with Crippen molar-refractivity contribution in [2.24, 2.45) is 5.41 Å². The zero-order valence-corrected chi connectivity index (χ0v) is 10.5. The molecule has 0 aromatic carbocycles. The van der Waals surface area contributed by atoms with Crippen molar-refractivity contribution in [2.45, 2.75) is 27.3 Å². The predicted octanol–water partition coefficient (Wildman–Crippen LogP) is 2.49. The van der Waals surface area contributed by atoms with Crippen LogP contribution in [0.3, 0.4) is 0 Å². The molecular formula is C12H19NOS. The van der Waals surface area contributed by atoms with Gasteiger partial charge < -0.3 is 10.1 Å². The molecule has 0 radical (unpaired) electrons. The molecule has 2 rings (SSSR count).